The first-order valence-corrected chi connectivity index (χ1v) is 5.83. The number of hydrogen-bond acceptors (Lipinski definition) is 2. The van der Waals surface area contributed by atoms with Crippen molar-refractivity contribution in [2.75, 3.05) is 6.54 Å². The van der Waals surface area contributed by atoms with Crippen LogP contribution in [0, 0.1) is 5.82 Å². The van der Waals surface area contributed by atoms with Crippen LogP contribution < -0.4 is 11.1 Å². The van der Waals surface area contributed by atoms with Crippen molar-refractivity contribution >= 4 is 21.8 Å². The molecule has 0 aromatic heterocycles. The van der Waals surface area contributed by atoms with Crippen LogP contribution in [0.4, 0.5) is 4.39 Å². The van der Waals surface area contributed by atoms with Crippen LogP contribution in [-0.4, -0.2) is 18.5 Å². The summed E-state index contributed by atoms with van der Waals surface area (Å²) in [6.07, 6.45) is 0.751. The van der Waals surface area contributed by atoms with Gasteiger partial charge in [-0.1, -0.05) is 6.92 Å². The Balaban J connectivity index is 2.76. The van der Waals surface area contributed by atoms with Gasteiger partial charge in [0.05, 0.1) is 4.47 Å². The summed E-state index contributed by atoms with van der Waals surface area (Å²) in [5.74, 6) is -0.753. The second-order valence-electron chi connectivity index (χ2n) is 3.44. The predicted octanol–water partition coefficient (Wildman–Crippen LogP) is 2.06. The highest BCUT2D eigenvalue weighted by Gasteiger charge is 2.12. The molecule has 1 aromatic rings. The van der Waals surface area contributed by atoms with Crippen LogP contribution in [0.1, 0.15) is 23.7 Å². The molecule has 3 nitrogen and oxygen atoms in total. The van der Waals surface area contributed by atoms with E-state index in [1.165, 1.54) is 12.1 Å². The lowest BCUT2D eigenvalue weighted by atomic mass is 10.1. The van der Waals surface area contributed by atoms with Crippen LogP contribution in [-0.2, 0) is 0 Å². The second kappa shape index (κ2) is 5.96. The molecule has 0 saturated carbocycles. The van der Waals surface area contributed by atoms with Crippen LogP contribution in [0.25, 0.3) is 0 Å². The summed E-state index contributed by atoms with van der Waals surface area (Å²) in [4.78, 5) is 11.7. The SMILES string of the molecule is CCC(CN)NC(=O)c1ccc(Br)c(F)c1. The number of nitrogens with two attached hydrogens (primary N) is 1. The first-order chi connectivity index (χ1) is 7.58. The molecule has 0 aliphatic carbocycles. The molecule has 0 saturated heterocycles. The largest absolute Gasteiger partial charge is 0.348 e. The highest BCUT2D eigenvalue weighted by Crippen LogP contribution is 2.16. The molecule has 0 radical (unpaired) electrons. The van der Waals surface area contributed by atoms with Crippen molar-refractivity contribution in [1.29, 1.82) is 0 Å². The van der Waals surface area contributed by atoms with Crippen LogP contribution in [0.5, 0.6) is 0 Å². The van der Waals surface area contributed by atoms with Crippen LogP contribution in [0.15, 0.2) is 22.7 Å². The highest BCUT2D eigenvalue weighted by atomic mass is 79.9. The van der Waals surface area contributed by atoms with Crippen molar-refractivity contribution < 1.29 is 9.18 Å². The van der Waals surface area contributed by atoms with Gasteiger partial charge >= 0.3 is 0 Å². The van der Waals surface area contributed by atoms with Gasteiger partial charge < -0.3 is 11.1 Å². The minimum Gasteiger partial charge on any atom is -0.348 e. The molecular formula is C11H14BrFN2O. The average molecular weight is 289 g/mol. The van der Waals surface area contributed by atoms with Gasteiger partial charge in [-0.25, -0.2) is 4.39 Å². The maximum absolute atomic E-state index is 13.2. The Morgan fingerprint density at radius 3 is 2.81 bits per heavy atom. The van der Waals surface area contributed by atoms with E-state index in [-0.39, 0.29) is 11.9 Å². The van der Waals surface area contributed by atoms with Crippen molar-refractivity contribution in [1.82, 2.24) is 5.32 Å². The maximum Gasteiger partial charge on any atom is 0.251 e. The summed E-state index contributed by atoms with van der Waals surface area (Å²) in [5.41, 5.74) is 5.77. The van der Waals surface area contributed by atoms with Crippen molar-refractivity contribution in [2.24, 2.45) is 5.73 Å². The fourth-order valence-electron chi connectivity index (χ4n) is 1.23. The van der Waals surface area contributed by atoms with E-state index in [9.17, 15) is 9.18 Å². The number of benzene rings is 1. The highest BCUT2D eigenvalue weighted by molar-refractivity contribution is 9.10. The monoisotopic (exact) mass is 288 g/mol. The molecule has 1 atom stereocenters. The van der Waals surface area contributed by atoms with Gasteiger partial charge in [-0.05, 0) is 40.5 Å². The number of carbonyl (C=O) groups excluding carboxylic acids is 1. The smallest absolute Gasteiger partial charge is 0.251 e. The van der Waals surface area contributed by atoms with Gasteiger partial charge in [0.2, 0.25) is 0 Å². The summed E-state index contributed by atoms with van der Waals surface area (Å²) in [6.45, 7) is 2.31. The molecule has 0 aliphatic rings. The molecule has 1 amide bonds. The molecule has 0 fully saturated rings. The van der Waals surface area contributed by atoms with E-state index < -0.39 is 5.82 Å². The zero-order valence-corrected chi connectivity index (χ0v) is 10.6. The standard InChI is InChI=1S/C11H14BrFN2O/c1-2-8(6-14)15-11(16)7-3-4-9(12)10(13)5-7/h3-5,8H,2,6,14H2,1H3,(H,15,16). The normalized spacial score (nSPS) is 12.2. The Bertz CT molecular complexity index is 380. The number of nitrogens with one attached hydrogen (secondary N) is 1. The third-order valence-corrected chi connectivity index (χ3v) is 2.94. The molecular weight excluding hydrogens is 275 g/mol. The number of carbonyl (C=O) groups is 1. The van der Waals surface area contributed by atoms with Crippen molar-refractivity contribution in [3.63, 3.8) is 0 Å². The lowest BCUT2D eigenvalue weighted by Crippen LogP contribution is -2.39. The van der Waals surface area contributed by atoms with Gasteiger partial charge in [0.1, 0.15) is 5.82 Å². The topological polar surface area (TPSA) is 55.1 Å². The van der Waals surface area contributed by atoms with Gasteiger partial charge in [0, 0.05) is 18.2 Å². The Kier molecular flexibility index (Phi) is 4.89. The molecule has 1 aromatic carbocycles. The van der Waals surface area contributed by atoms with Gasteiger partial charge in [-0.15, -0.1) is 0 Å². The first kappa shape index (κ1) is 13.1. The van der Waals surface area contributed by atoms with E-state index in [1.807, 2.05) is 6.92 Å². The zero-order valence-electron chi connectivity index (χ0n) is 8.97. The van der Waals surface area contributed by atoms with Gasteiger partial charge in [0.15, 0.2) is 0 Å². The van der Waals surface area contributed by atoms with Crippen molar-refractivity contribution in [3.05, 3.63) is 34.1 Å². The van der Waals surface area contributed by atoms with Gasteiger partial charge in [0.25, 0.3) is 5.91 Å². The summed E-state index contributed by atoms with van der Waals surface area (Å²) < 4.78 is 13.5. The lowest BCUT2D eigenvalue weighted by Gasteiger charge is -2.14. The number of hydrogen-bond donors (Lipinski definition) is 2. The van der Waals surface area contributed by atoms with Crippen molar-refractivity contribution in [2.45, 2.75) is 19.4 Å². The molecule has 1 rings (SSSR count). The molecule has 0 bridgehead atoms. The van der Waals surface area contributed by atoms with Crippen LogP contribution in [0.2, 0.25) is 0 Å². The van der Waals surface area contributed by atoms with Crippen molar-refractivity contribution in [3.8, 4) is 0 Å². The third-order valence-electron chi connectivity index (χ3n) is 2.29. The van der Waals surface area contributed by atoms with E-state index in [1.54, 1.807) is 6.07 Å². The van der Waals surface area contributed by atoms with Gasteiger partial charge in [-0.2, -0.15) is 0 Å². The summed E-state index contributed by atoms with van der Waals surface area (Å²) >= 11 is 3.03. The van der Waals surface area contributed by atoms with E-state index >= 15 is 0 Å². The summed E-state index contributed by atoms with van der Waals surface area (Å²) in [6, 6.07) is 4.20. The van der Waals surface area contributed by atoms with Gasteiger partial charge in [-0.3, -0.25) is 4.79 Å². The fourth-order valence-corrected chi connectivity index (χ4v) is 1.48. The molecule has 5 heteroatoms. The van der Waals surface area contributed by atoms with E-state index in [4.69, 9.17) is 5.73 Å². The molecule has 0 aliphatic heterocycles. The number of halogens is 2. The summed E-state index contributed by atoms with van der Waals surface area (Å²) in [7, 11) is 0. The van der Waals surface area contributed by atoms with Crippen LogP contribution >= 0.6 is 15.9 Å². The quantitative estimate of drug-likeness (QED) is 0.891. The Labute approximate surface area is 102 Å². The molecule has 3 N–H and O–H groups in total. The Hall–Kier alpha value is -0.940. The third kappa shape index (κ3) is 3.28. The molecule has 0 heterocycles. The zero-order chi connectivity index (χ0) is 12.1. The molecule has 88 valence electrons. The summed E-state index contributed by atoms with van der Waals surface area (Å²) in [5, 5.41) is 2.73. The first-order valence-electron chi connectivity index (χ1n) is 5.04. The molecule has 16 heavy (non-hydrogen) atoms. The minimum absolute atomic E-state index is 0.0702. The van der Waals surface area contributed by atoms with E-state index in [0.29, 0.717) is 16.6 Å². The average Bonchev–Trinajstić information content (AvgIpc) is 2.29. The fraction of sp³-hybridized carbons (Fsp3) is 0.364. The van der Waals surface area contributed by atoms with Crippen LogP contribution in [0.3, 0.4) is 0 Å². The number of rotatable bonds is 4. The number of amides is 1. The Morgan fingerprint density at radius 1 is 1.62 bits per heavy atom. The minimum atomic E-state index is -0.451. The predicted molar refractivity (Wildman–Crippen MR) is 64.7 cm³/mol. The maximum atomic E-state index is 13.2. The van der Waals surface area contributed by atoms with E-state index in [2.05, 4.69) is 21.2 Å². The molecule has 1 unspecified atom stereocenters. The molecule has 0 spiro atoms. The second-order valence-corrected chi connectivity index (χ2v) is 4.30. The lowest BCUT2D eigenvalue weighted by molar-refractivity contribution is 0.0936. The van der Waals surface area contributed by atoms with E-state index in [0.717, 1.165) is 6.42 Å². The Morgan fingerprint density at radius 2 is 2.31 bits per heavy atom.